The summed E-state index contributed by atoms with van der Waals surface area (Å²) < 4.78 is 79.7. The summed E-state index contributed by atoms with van der Waals surface area (Å²) in [5.41, 5.74) is 4.85. The average molecular weight is 829 g/mol. The van der Waals surface area contributed by atoms with E-state index in [0.29, 0.717) is 71.7 Å². The Morgan fingerprint density at radius 3 is 1.75 bits per heavy atom. The number of alkyl halides is 2. The van der Waals surface area contributed by atoms with E-state index in [0.717, 1.165) is 92.1 Å². The third-order valence-electron chi connectivity index (χ3n) is 11.3. The number of hydrogen-bond acceptors (Lipinski definition) is 10. The van der Waals surface area contributed by atoms with Crippen molar-refractivity contribution in [3.8, 4) is 0 Å². The first-order valence-corrected chi connectivity index (χ1v) is 20.5. The zero-order valence-electron chi connectivity index (χ0n) is 33.2. The molecule has 1 aliphatic carbocycles. The van der Waals surface area contributed by atoms with Crippen LogP contribution in [0.5, 0.6) is 0 Å². The Kier molecular flexibility index (Phi) is 12.4. The Morgan fingerprint density at radius 1 is 0.633 bits per heavy atom. The predicted octanol–water partition coefficient (Wildman–Crippen LogP) is 9.08. The molecule has 2 aliphatic heterocycles. The SMILES string of the molecule is Cc1cc2nc(N3CCC(Cc4ccc(F)cc4F)CC3)c(NC3CC3)nc2cn1.Fc1ccc(CC2CCN(c3nc4ccncc4nc3NCC(F)F)CC2)c(F)c1. The molecule has 0 bridgehead atoms. The van der Waals surface area contributed by atoms with Gasteiger partial charge in [-0.25, -0.2) is 46.3 Å². The summed E-state index contributed by atoms with van der Waals surface area (Å²) in [6.45, 7) is 4.41. The lowest BCUT2D eigenvalue weighted by Crippen LogP contribution is -2.35. The van der Waals surface area contributed by atoms with Crippen LogP contribution in [0.25, 0.3) is 22.1 Å². The molecule has 3 aliphatic rings. The quantitative estimate of drug-likeness (QED) is 0.123. The van der Waals surface area contributed by atoms with E-state index in [2.05, 4.69) is 35.5 Å². The number of piperidine rings is 2. The fraction of sp³-hybridized carbons (Fsp3) is 0.409. The number of rotatable bonds is 11. The van der Waals surface area contributed by atoms with E-state index in [1.54, 1.807) is 30.7 Å². The van der Waals surface area contributed by atoms with Gasteiger partial charge < -0.3 is 20.4 Å². The molecular formula is C44H46F6N10. The number of hydrogen-bond donors (Lipinski definition) is 2. The minimum absolute atomic E-state index is 0.247. The van der Waals surface area contributed by atoms with Crippen molar-refractivity contribution in [3.05, 3.63) is 107 Å². The van der Waals surface area contributed by atoms with Crippen molar-refractivity contribution in [1.82, 2.24) is 29.9 Å². The van der Waals surface area contributed by atoms with Crippen LogP contribution < -0.4 is 20.4 Å². The van der Waals surface area contributed by atoms with Crippen LogP contribution in [0.3, 0.4) is 0 Å². The smallest absolute Gasteiger partial charge is 0.255 e. The Labute approximate surface area is 343 Å². The summed E-state index contributed by atoms with van der Waals surface area (Å²) in [6, 6.07) is 11.7. The van der Waals surface area contributed by atoms with Crippen LogP contribution in [0, 0.1) is 42.0 Å². The van der Waals surface area contributed by atoms with Crippen molar-refractivity contribution in [1.29, 1.82) is 0 Å². The maximum Gasteiger partial charge on any atom is 0.255 e. The van der Waals surface area contributed by atoms with E-state index in [9.17, 15) is 26.3 Å². The van der Waals surface area contributed by atoms with Crippen LogP contribution in [0.1, 0.15) is 55.3 Å². The first-order chi connectivity index (χ1) is 29.0. The molecule has 10 nitrogen and oxygen atoms in total. The molecule has 0 amide bonds. The fourth-order valence-electron chi connectivity index (χ4n) is 7.89. The van der Waals surface area contributed by atoms with Gasteiger partial charge in [0.15, 0.2) is 23.3 Å². The highest BCUT2D eigenvalue weighted by molar-refractivity contribution is 5.81. The maximum absolute atomic E-state index is 14.0. The van der Waals surface area contributed by atoms with Crippen molar-refractivity contribution < 1.29 is 26.3 Å². The molecule has 0 unspecified atom stereocenters. The number of pyridine rings is 2. The van der Waals surface area contributed by atoms with E-state index in [1.807, 2.05) is 17.9 Å². The van der Waals surface area contributed by atoms with E-state index in [4.69, 9.17) is 9.97 Å². The largest absolute Gasteiger partial charge is 0.364 e. The Hall–Kier alpha value is -5.80. The number of aromatic nitrogens is 6. The Bertz CT molecular complexity index is 2430. The highest BCUT2D eigenvalue weighted by atomic mass is 19.3. The minimum Gasteiger partial charge on any atom is -0.364 e. The van der Waals surface area contributed by atoms with Gasteiger partial charge >= 0.3 is 0 Å². The standard InChI is InChI=1S/C23H25F2N5.C21H21F4N5/c1-14-10-20-21(13-26-14)28-22(27-18-4-5-18)23(29-20)30-8-6-15(7-9-30)11-16-2-3-17(24)12-19(16)25;22-15-2-1-14(16(23)10-15)9-13-4-7-30(8-5-13)21-20(27-12-19(24)25)28-18-11-26-6-3-17(18)29-21/h2-3,10,12-13,15,18H,4-9,11H2,1H3,(H,27,28);1-3,6,10-11,13,19H,4-5,7-9,12H2,(H,27,28). The average Bonchev–Trinajstić information content (AvgIpc) is 4.06. The third-order valence-corrected chi connectivity index (χ3v) is 11.3. The third kappa shape index (κ3) is 10.1. The minimum atomic E-state index is -2.51. The van der Waals surface area contributed by atoms with Gasteiger partial charge in [0.25, 0.3) is 6.43 Å². The lowest BCUT2D eigenvalue weighted by molar-refractivity contribution is 0.163. The molecule has 6 heterocycles. The van der Waals surface area contributed by atoms with Crippen LogP contribution in [0.4, 0.5) is 49.6 Å². The van der Waals surface area contributed by atoms with Crippen LogP contribution in [-0.2, 0) is 12.8 Å². The number of anilines is 4. The Balaban J connectivity index is 0.000000166. The lowest BCUT2D eigenvalue weighted by atomic mass is 9.90. The summed E-state index contributed by atoms with van der Waals surface area (Å²) in [6.07, 6.45) is 9.36. The highest BCUT2D eigenvalue weighted by Crippen LogP contribution is 2.34. The predicted molar refractivity (Wildman–Crippen MR) is 221 cm³/mol. The summed E-state index contributed by atoms with van der Waals surface area (Å²) in [5.74, 6) is 1.10. The Morgan fingerprint density at radius 2 is 1.18 bits per heavy atom. The number of fused-ring (bicyclic) bond motifs is 2. The fourth-order valence-corrected chi connectivity index (χ4v) is 7.89. The zero-order chi connectivity index (χ0) is 41.8. The molecule has 1 saturated carbocycles. The second kappa shape index (κ2) is 18.2. The highest BCUT2D eigenvalue weighted by Gasteiger charge is 2.29. The molecule has 60 heavy (non-hydrogen) atoms. The van der Waals surface area contributed by atoms with Crippen molar-refractivity contribution in [2.24, 2.45) is 11.8 Å². The van der Waals surface area contributed by atoms with Crippen LogP contribution in [-0.4, -0.2) is 75.1 Å². The molecule has 2 saturated heterocycles. The van der Waals surface area contributed by atoms with Gasteiger partial charge in [0, 0.05) is 56.2 Å². The second-order valence-corrected chi connectivity index (χ2v) is 15.9. The molecular weight excluding hydrogens is 783 g/mol. The van der Waals surface area contributed by atoms with E-state index < -0.39 is 36.2 Å². The van der Waals surface area contributed by atoms with Gasteiger partial charge in [-0.3, -0.25) is 9.97 Å². The van der Waals surface area contributed by atoms with Gasteiger partial charge in [-0.2, -0.15) is 0 Å². The van der Waals surface area contributed by atoms with Crippen molar-refractivity contribution in [2.75, 3.05) is 53.2 Å². The van der Waals surface area contributed by atoms with Crippen LogP contribution in [0.2, 0.25) is 0 Å². The van der Waals surface area contributed by atoms with Crippen molar-refractivity contribution >= 4 is 45.3 Å². The molecule has 0 spiro atoms. The van der Waals surface area contributed by atoms with Crippen LogP contribution in [0.15, 0.2) is 67.1 Å². The van der Waals surface area contributed by atoms with Gasteiger partial charge in [0.05, 0.1) is 30.0 Å². The topological polar surface area (TPSA) is 108 Å². The molecule has 16 heteroatoms. The summed E-state index contributed by atoms with van der Waals surface area (Å²) in [4.78, 5) is 31.5. The van der Waals surface area contributed by atoms with Gasteiger partial charge in [-0.1, -0.05) is 12.1 Å². The monoisotopic (exact) mass is 828 g/mol. The molecule has 4 aromatic heterocycles. The number of nitrogens with one attached hydrogen (secondary N) is 2. The molecule has 3 fully saturated rings. The summed E-state index contributed by atoms with van der Waals surface area (Å²) in [7, 11) is 0. The van der Waals surface area contributed by atoms with Gasteiger partial charge in [0.2, 0.25) is 0 Å². The number of nitrogens with zero attached hydrogens (tertiary/aromatic N) is 8. The van der Waals surface area contributed by atoms with E-state index >= 15 is 0 Å². The maximum atomic E-state index is 14.0. The first kappa shape index (κ1) is 41.0. The van der Waals surface area contributed by atoms with Crippen molar-refractivity contribution in [3.63, 3.8) is 0 Å². The van der Waals surface area contributed by atoms with E-state index in [-0.39, 0.29) is 5.92 Å². The number of aryl methyl sites for hydroxylation is 1. The molecule has 2 aromatic carbocycles. The summed E-state index contributed by atoms with van der Waals surface area (Å²) >= 11 is 0. The van der Waals surface area contributed by atoms with Crippen LogP contribution >= 0.6 is 0 Å². The molecule has 314 valence electrons. The lowest BCUT2D eigenvalue weighted by Gasteiger charge is -2.33. The molecule has 6 aromatic rings. The van der Waals surface area contributed by atoms with E-state index in [1.165, 1.54) is 18.2 Å². The second-order valence-electron chi connectivity index (χ2n) is 15.9. The van der Waals surface area contributed by atoms with Gasteiger partial charge in [-0.15, -0.1) is 0 Å². The molecule has 2 N–H and O–H groups in total. The first-order valence-electron chi connectivity index (χ1n) is 20.5. The molecule has 0 atom stereocenters. The van der Waals surface area contributed by atoms with Gasteiger partial charge in [-0.05, 0) is 106 Å². The number of benzene rings is 2. The normalized spacial score (nSPS) is 16.3. The zero-order valence-corrected chi connectivity index (χ0v) is 33.2. The number of halogens is 6. The van der Waals surface area contributed by atoms with Gasteiger partial charge in [0.1, 0.15) is 34.3 Å². The molecule has 0 radical (unpaired) electrons. The summed E-state index contributed by atoms with van der Waals surface area (Å²) in [5, 5.41) is 6.21. The molecule has 9 rings (SSSR count). The van der Waals surface area contributed by atoms with Crippen molar-refractivity contribution in [2.45, 2.75) is 70.8 Å².